The molecule has 9 nitrogen and oxygen atoms in total. The molecule has 1 unspecified atom stereocenters. The Balaban J connectivity index is 1.90. The summed E-state index contributed by atoms with van der Waals surface area (Å²) >= 11 is 12.0. The van der Waals surface area contributed by atoms with Gasteiger partial charge in [0.1, 0.15) is 0 Å². The van der Waals surface area contributed by atoms with Gasteiger partial charge in [-0.1, -0.05) is 23.2 Å². The first-order valence-electron chi connectivity index (χ1n) is 10.6. The van der Waals surface area contributed by atoms with Gasteiger partial charge < -0.3 is 16.4 Å². The number of amides is 3. The van der Waals surface area contributed by atoms with Crippen LogP contribution in [0.1, 0.15) is 39.5 Å². The molecule has 4 N–H and O–H groups in total. The van der Waals surface area contributed by atoms with Crippen molar-refractivity contribution in [2.45, 2.75) is 68.7 Å². The average Bonchev–Trinajstić information content (AvgIpc) is 3.17. The number of benzene rings is 1. The molecule has 2 aliphatic rings. The second-order valence-electron chi connectivity index (χ2n) is 8.48. The van der Waals surface area contributed by atoms with Crippen LogP contribution in [0.15, 0.2) is 23.1 Å². The zero-order valence-electron chi connectivity index (χ0n) is 18.1. The average molecular weight is 506 g/mol. The summed E-state index contributed by atoms with van der Waals surface area (Å²) in [7, 11) is -4.13. The van der Waals surface area contributed by atoms with Crippen molar-refractivity contribution in [3.05, 3.63) is 28.2 Å². The van der Waals surface area contributed by atoms with Crippen LogP contribution in [0.2, 0.25) is 10.0 Å². The SMILES string of the molecule is CC(C)NC(=O)N1CCN(S(=O)(=O)c2ccc(Cl)c(Cl)c2)C1C(=O)NC1CCC(N)CC1. The van der Waals surface area contributed by atoms with Gasteiger partial charge in [-0.05, 0) is 57.7 Å². The molecule has 0 spiro atoms. The van der Waals surface area contributed by atoms with Crippen LogP contribution in [0.3, 0.4) is 0 Å². The molecule has 3 rings (SSSR count). The highest BCUT2D eigenvalue weighted by Gasteiger charge is 2.47. The fraction of sp³-hybridized carbons (Fsp3) is 0.600. The Kier molecular flexibility index (Phi) is 7.93. The lowest BCUT2D eigenvalue weighted by Crippen LogP contribution is -2.58. The Morgan fingerprint density at radius 1 is 1.09 bits per heavy atom. The van der Waals surface area contributed by atoms with Crippen molar-refractivity contribution in [3.63, 3.8) is 0 Å². The standard InChI is InChI=1S/C20H29Cl2N5O4S/c1-12(2)24-20(29)26-9-10-27(32(30,31)15-7-8-16(21)17(22)11-15)19(26)18(28)25-14-5-3-13(23)4-6-14/h7-8,11-14,19H,3-6,9-10,23H2,1-2H3,(H,24,29)(H,25,28). The zero-order valence-corrected chi connectivity index (χ0v) is 20.4. The molecule has 178 valence electrons. The normalized spacial score (nSPS) is 24.6. The monoisotopic (exact) mass is 505 g/mol. The number of nitrogens with one attached hydrogen (secondary N) is 2. The summed E-state index contributed by atoms with van der Waals surface area (Å²) in [5.74, 6) is -0.537. The number of rotatable bonds is 5. The van der Waals surface area contributed by atoms with E-state index in [1.165, 1.54) is 23.1 Å². The summed E-state index contributed by atoms with van der Waals surface area (Å²) < 4.78 is 27.9. The molecule has 0 bridgehead atoms. The highest BCUT2D eigenvalue weighted by molar-refractivity contribution is 7.89. The molecular weight excluding hydrogens is 477 g/mol. The van der Waals surface area contributed by atoms with E-state index >= 15 is 0 Å². The van der Waals surface area contributed by atoms with Crippen molar-refractivity contribution in [3.8, 4) is 0 Å². The first-order valence-corrected chi connectivity index (χ1v) is 12.8. The third kappa shape index (κ3) is 5.48. The van der Waals surface area contributed by atoms with Crippen LogP contribution in [0.4, 0.5) is 4.79 Å². The number of nitrogens with two attached hydrogens (primary N) is 1. The molecule has 1 atom stereocenters. The molecule has 1 aliphatic carbocycles. The topological polar surface area (TPSA) is 125 Å². The zero-order chi connectivity index (χ0) is 23.6. The summed E-state index contributed by atoms with van der Waals surface area (Å²) in [5.41, 5.74) is 5.94. The van der Waals surface area contributed by atoms with E-state index in [-0.39, 0.29) is 46.2 Å². The van der Waals surface area contributed by atoms with Gasteiger partial charge in [-0.2, -0.15) is 4.31 Å². The Hall–Kier alpha value is -1.59. The second-order valence-corrected chi connectivity index (χ2v) is 11.2. The first kappa shape index (κ1) is 25.0. The minimum atomic E-state index is -4.13. The van der Waals surface area contributed by atoms with Crippen molar-refractivity contribution in [1.82, 2.24) is 19.8 Å². The van der Waals surface area contributed by atoms with Gasteiger partial charge in [-0.25, -0.2) is 13.2 Å². The summed E-state index contributed by atoms with van der Waals surface area (Å²) in [6.45, 7) is 3.63. The molecule has 1 saturated carbocycles. The third-order valence-electron chi connectivity index (χ3n) is 5.65. The summed E-state index contributed by atoms with van der Waals surface area (Å²) in [5, 5.41) is 5.96. The van der Waals surface area contributed by atoms with Gasteiger partial charge in [0.05, 0.1) is 14.9 Å². The largest absolute Gasteiger partial charge is 0.350 e. The molecule has 1 aliphatic heterocycles. The number of urea groups is 1. The van der Waals surface area contributed by atoms with Crippen molar-refractivity contribution < 1.29 is 18.0 Å². The van der Waals surface area contributed by atoms with Crippen LogP contribution in [0.25, 0.3) is 0 Å². The molecule has 0 aromatic heterocycles. The lowest BCUT2D eigenvalue weighted by Gasteiger charge is -2.32. The maximum atomic E-state index is 13.4. The van der Waals surface area contributed by atoms with Crippen LogP contribution < -0.4 is 16.4 Å². The van der Waals surface area contributed by atoms with Crippen LogP contribution in [-0.2, 0) is 14.8 Å². The van der Waals surface area contributed by atoms with Crippen LogP contribution >= 0.6 is 23.2 Å². The molecule has 2 fully saturated rings. The number of nitrogens with zero attached hydrogens (tertiary/aromatic N) is 2. The second kappa shape index (κ2) is 10.1. The number of hydrogen-bond donors (Lipinski definition) is 3. The Morgan fingerprint density at radius 2 is 1.75 bits per heavy atom. The molecule has 1 aromatic rings. The maximum Gasteiger partial charge on any atom is 0.319 e. The van der Waals surface area contributed by atoms with E-state index in [1.807, 2.05) is 0 Å². The summed E-state index contributed by atoms with van der Waals surface area (Å²) in [6, 6.07) is 3.27. The fourth-order valence-corrected chi connectivity index (χ4v) is 5.92. The van der Waals surface area contributed by atoms with Gasteiger partial charge in [-0.15, -0.1) is 0 Å². The van der Waals surface area contributed by atoms with E-state index in [0.29, 0.717) is 12.8 Å². The fourth-order valence-electron chi connectivity index (χ4n) is 3.98. The summed E-state index contributed by atoms with van der Waals surface area (Å²) in [6.07, 6.45) is 1.65. The van der Waals surface area contributed by atoms with Crippen LogP contribution in [0.5, 0.6) is 0 Å². The molecule has 1 heterocycles. The molecular formula is C20H29Cl2N5O4S. The van der Waals surface area contributed by atoms with E-state index in [9.17, 15) is 18.0 Å². The Morgan fingerprint density at radius 3 is 2.34 bits per heavy atom. The van der Waals surface area contributed by atoms with Gasteiger partial charge in [0, 0.05) is 31.2 Å². The smallest absolute Gasteiger partial charge is 0.319 e. The Labute approximate surface area is 198 Å². The van der Waals surface area contributed by atoms with E-state index in [2.05, 4.69) is 10.6 Å². The van der Waals surface area contributed by atoms with Gasteiger partial charge in [-0.3, -0.25) is 9.69 Å². The lowest BCUT2D eigenvalue weighted by molar-refractivity contribution is -0.128. The van der Waals surface area contributed by atoms with Gasteiger partial charge in [0.2, 0.25) is 10.0 Å². The van der Waals surface area contributed by atoms with Gasteiger partial charge in [0.25, 0.3) is 5.91 Å². The first-order chi connectivity index (χ1) is 15.0. The van der Waals surface area contributed by atoms with Crippen molar-refractivity contribution in [2.75, 3.05) is 13.1 Å². The maximum absolute atomic E-state index is 13.4. The number of halogens is 2. The quantitative estimate of drug-likeness (QED) is 0.565. The van der Waals surface area contributed by atoms with E-state index in [0.717, 1.165) is 17.1 Å². The number of carbonyl (C=O) groups is 2. The van der Waals surface area contributed by atoms with Crippen LogP contribution in [0, 0.1) is 0 Å². The molecule has 3 amide bonds. The van der Waals surface area contributed by atoms with Gasteiger partial charge in [0.15, 0.2) is 6.17 Å². The summed E-state index contributed by atoms with van der Waals surface area (Å²) in [4.78, 5) is 27.2. The van der Waals surface area contributed by atoms with E-state index < -0.39 is 28.1 Å². The number of carbonyl (C=O) groups excluding carboxylic acids is 2. The number of sulfonamides is 1. The highest BCUT2D eigenvalue weighted by atomic mass is 35.5. The lowest BCUT2D eigenvalue weighted by atomic mass is 9.92. The van der Waals surface area contributed by atoms with E-state index in [1.54, 1.807) is 13.8 Å². The minimum Gasteiger partial charge on any atom is -0.350 e. The van der Waals surface area contributed by atoms with Crippen LogP contribution in [-0.4, -0.2) is 66.9 Å². The molecule has 1 aromatic carbocycles. The minimum absolute atomic E-state index is 0.0261. The predicted octanol–water partition coefficient (Wildman–Crippen LogP) is 2.13. The van der Waals surface area contributed by atoms with Crippen molar-refractivity contribution >= 4 is 45.2 Å². The van der Waals surface area contributed by atoms with Crippen molar-refractivity contribution in [2.24, 2.45) is 5.73 Å². The van der Waals surface area contributed by atoms with E-state index in [4.69, 9.17) is 28.9 Å². The molecule has 1 saturated heterocycles. The predicted molar refractivity (Wildman–Crippen MR) is 123 cm³/mol. The van der Waals surface area contributed by atoms with Crippen molar-refractivity contribution in [1.29, 1.82) is 0 Å². The Bertz CT molecular complexity index is 967. The molecule has 32 heavy (non-hydrogen) atoms. The molecule has 12 heteroatoms. The molecule has 0 radical (unpaired) electrons. The number of hydrogen-bond acceptors (Lipinski definition) is 5. The third-order valence-corrected chi connectivity index (χ3v) is 8.24. The van der Waals surface area contributed by atoms with Gasteiger partial charge >= 0.3 is 6.03 Å². The highest BCUT2D eigenvalue weighted by Crippen LogP contribution is 2.30.